The number of hydrogen-bond donors (Lipinski definition) is 2. The van der Waals surface area contributed by atoms with Gasteiger partial charge in [-0.2, -0.15) is 0 Å². The van der Waals surface area contributed by atoms with Gasteiger partial charge in [-0.3, -0.25) is 9.59 Å². The molecule has 0 aliphatic carbocycles. The van der Waals surface area contributed by atoms with Gasteiger partial charge in [0.25, 0.3) is 0 Å². The second-order valence-electron chi connectivity index (χ2n) is 7.14. The fourth-order valence-corrected chi connectivity index (χ4v) is 2.42. The zero-order chi connectivity index (χ0) is 19.1. The highest BCUT2D eigenvalue weighted by Crippen LogP contribution is 2.20. The van der Waals surface area contributed by atoms with Gasteiger partial charge in [0.1, 0.15) is 0 Å². The van der Waals surface area contributed by atoms with E-state index in [1.807, 2.05) is 52.0 Å². The maximum atomic E-state index is 11.6. The number of nitrogens with one attached hydrogen (secondary N) is 2. The van der Waals surface area contributed by atoms with E-state index in [0.29, 0.717) is 13.1 Å². The number of carbonyl (C=O) groups is 2. The number of benzene rings is 2. The Hall–Kier alpha value is -2.62. The molecule has 0 unspecified atom stereocenters. The van der Waals surface area contributed by atoms with Crippen LogP contribution in [-0.2, 0) is 22.7 Å². The summed E-state index contributed by atoms with van der Waals surface area (Å²) in [6, 6.07) is 16.4. The predicted octanol–water partition coefficient (Wildman–Crippen LogP) is 3.90. The lowest BCUT2D eigenvalue weighted by Gasteiger charge is -2.10. The highest BCUT2D eigenvalue weighted by molar-refractivity contribution is 5.78. The summed E-state index contributed by atoms with van der Waals surface area (Å²) in [4.78, 5) is 23.3. The largest absolute Gasteiger partial charge is 0.352 e. The van der Waals surface area contributed by atoms with Gasteiger partial charge in [-0.15, -0.1) is 0 Å². The Balaban J connectivity index is 1.94. The molecule has 0 saturated carbocycles. The summed E-state index contributed by atoms with van der Waals surface area (Å²) in [7, 11) is 0. The second-order valence-corrected chi connectivity index (χ2v) is 7.14. The average Bonchev–Trinajstić information content (AvgIpc) is 2.64. The highest BCUT2D eigenvalue weighted by atomic mass is 16.2. The van der Waals surface area contributed by atoms with Crippen LogP contribution in [0.25, 0.3) is 11.1 Å². The summed E-state index contributed by atoms with van der Waals surface area (Å²) in [5.74, 6) is 0.125. The molecule has 2 aromatic rings. The quantitative estimate of drug-likeness (QED) is 0.794. The van der Waals surface area contributed by atoms with E-state index in [1.165, 1.54) is 0 Å². The van der Waals surface area contributed by atoms with Crippen molar-refractivity contribution >= 4 is 11.8 Å². The van der Waals surface area contributed by atoms with Crippen LogP contribution in [-0.4, -0.2) is 11.8 Å². The molecule has 2 N–H and O–H groups in total. The van der Waals surface area contributed by atoms with E-state index >= 15 is 0 Å². The SMILES string of the molecule is CC(C)C(=O)NCc1ccc(-c2ccc(CNC(=O)C(C)C)cc2)cc1. The first-order chi connectivity index (χ1) is 12.4. The van der Waals surface area contributed by atoms with Gasteiger partial charge in [0.15, 0.2) is 0 Å². The second kappa shape index (κ2) is 9.18. The van der Waals surface area contributed by atoms with Crippen molar-refractivity contribution in [2.75, 3.05) is 0 Å². The monoisotopic (exact) mass is 352 g/mol. The molecule has 0 radical (unpaired) electrons. The normalized spacial score (nSPS) is 10.8. The van der Waals surface area contributed by atoms with Crippen LogP contribution in [0.1, 0.15) is 38.8 Å². The molecule has 0 saturated heterocycles. The first kappa shape index (κ1) is 19.7. The third-order valence-electron chi connectivity index (χ3n) is 4.22. The van der Waals surface area contributed by atoms with E-state index in [0.717, 1.165) is 22.3 Å². The first-order valence-corrected chi connectivity index (χ1v) is 9.10. The van der Waals surface area contributed by atoms with Gasteiger partial charge in [0, 0.05) is 24.9 Å². The van der Waals surface area contributed by atoms with Crippen LogP contribution < -0.4 is 10.6 Å². The third-order valence-corrected chi connectivity index (χ3v) is 4.22. The maximum absolute atomic E-state index is 11.6. The van der Waals surface area contributed by atoms with Crippen LogP contribution >= 0.6 is 0 Å². The predicted molar refractivity (Wildman–Crippen MR) is 105 cm³/mol. The molecule has 0 fully saturated rings. The van der Waals surface area contributed by atoms with Crippen molar-refractivity contribution in [1.29, 1.82) is 0 Å². The lowest BCUT2D eigenvalue weighted by atomic mass is 10.0. The fraction of sp³-hybridized carbons (Fsp3) is 0.364. The Morgan fingerprint density at radius 2 is 0.962 bits per heavy atom. The minimum atomic E-state index is -0.00175. The fourth-order valence-electron chi connectivity index (χ4n) is 2.42. The third kappa shape index (κ3) is 5.73. The molecule has 0 bridgehead atoms. The van der Waals surface area contributed by atoms with Crippen LogP contribution in [0.3, 0.4) is 0 Å². The van der Waals surface area contributed by atoms with Crippen molar-refractivity contribution in [1.82, 2.24) is 10.6 Å². The topological polar surface area (TPSA) is 58.2 Å². The van der Waals surface area contributed by atoms with Gasteiger partial charge in [0.05, 0.1) is 0 Å². The molecule has 0 atom stereocenters. The molecule has 4 nitrogen and oxygen atoms in total. The van der Waals surface area contributed by atoms with Crippen molar-refractivity contribution < 1.29 is 9.59 Å². The van der Waals surface area contributed by atoms with Crippen LogP contribution in [0.15, 0.2) is 48.5 Å². The Kier molecular flexibility index (Phi) is 6.96. The van der Waals surface area contributed by atoms with Gasteiger partial charge < -0.3 is 10.6 Å². The van der Waals surface area contributed by atoms with Gasteiger partial charge in [-0.05, 0) is 22.3 Å². The first-order valence-electron chi connectivity index (χ1n) is 9.10. The minimum absolute atomic E-state index is 0.00175. The molecule has 2 aromatic carbocycles. The Bertz CT molecular complexity index is 666. The maximum Gasteiger partial charge on any atom is 0.222 e. The minimum Gasteiger partial charge on any atom is -0.352 e. The number of rotatable bonds is 7. The Morgan fingerprint density at radius 1 is 0.654 bits per heavy atom. The van der Waals surface area contributed by atoms with E-state index in [9.17, 15) is 9.59 Å². The van der Waals surface area contributed by atoms with Crippen LogP contribution in [0.5, 0.6) is 0 Å². The van der Waals surface area contributed by atoms with Crippen molar-refractivity contribution in [3.63, 3.8) is 0 Å². The summed E-state index contributed by atoms with van der Waals surface area (Å²) in [6.07, 6.45) is 0. The Morgan fingerprint density at radius 3 is 1.23 bits per heavy atom. The lowest BCUT2D eigenvalue weighted by Crippen LogP contribution is -2.27. The van der Waals surface area contributed by atoms with Crippen molar-refractivity contribution in [2.45, 2.75) is 40.8 Å². The summed E-state index contributed by atoms with van der Waals surface area (Å²) in [6.45, 7) is 8.64. The van der Waals surface area contributed by atoms with E-state index in [1.54, 1.807) is 0 Å². The van der Waals surface area contributed by atoms with Gasteiger partial charge in [-0.25, -0.2) is 0 Å². The molecule has 0 aromatic heterocycles. The summed E-state index contributed by atoms with van der Waals surface area (Å²) >= 11 is 0. The molecular formula is C22H28N2O2. The standard InChI is InChI=1S/C22H28N2O2/c1-15(2)21(25)23-13-17-5-9-19(10-6-17)20-11-7-18(8-12-20)14-24-22(26)16(3)4/h5-12,15-16H,13-14H2,1-4H3,(H,23,25)(H,24,26). The average molecular weight is 352 g/mol. The number of hydrogen-bond acceptors (Lipinski definition) is 2. The zero-order valence-electron chi connectivity index (χ0n) is 16.0. The zero-order valence-corrected chi connectivity index (χ0v) is 16.0. The molecule has 2 rings (SSSR count). The smallest absolute Gasteiger partial charge is 0.222 e. The lowest BCUT2D eigenvalue weighted by molar-refractivity contribution is -0.124. The molecule has 138 valence electrons. The van der Waals surface area contributed by atoms with E-state index in [2.05, 4.69) is 34.9 Å². The summed E-state index contributed by atoms with van der Waals surface area (Å²) in [5, 5.41) is 5.85. The van der Waals surface area contributed by atoms with Crippen molar-refractivity contribution in [2.24, 2.45) is 11.8 Å². The van der Waals surface area contributed by atoms with E-state index < -0.39 is 0 Å². The van der Waals surface area contributed by atoms with Gasteiger partial charge in [-0.1, -0.05) is 76.2 Å². The molecule has 0 spiro atoms. The van der Waals surface area contributed by atoms with Crippen LogP contribution in [0.4, 0.5) is 0 Å². The van der Waals surface area contributed by atoms with Crippen LogP contribution in [0.2, 0.25) is 0 Å². The van der Waals surface area contributed by atoms with E-state index in [4.69, 9.17) is 0 Å². The molecule has 0 heterocycles. The van der Waals surface area contributed by atoms with E-state index in [-0.39, 0.29) is 23.7 Å². The summed E-state index contributed by atoms with van der Waals surface area (Å²) in [5.41, 5.74) is 4.41. The van der Waals surface area contributed by atoms with Crippen molar-refractivity contribution in [3.8, 4) is 11.1 Å². The summed E-state index contributed by atoms with van der Waals surface area (Å²) < 4.78 is 0. The Labute approximate surface area is 156 Å². The highest BCUT2D eigenvalue weighted by Gasteiger charge is 2.07. The van der Waals surface area contributed by atoms with Gasteiger partial charge in [0.2, 0.25) is 11.8 Å². The molecule has 0 aliphatic heterocycles. The molecule has 4 heteroatoms. The number of amides is 2. The molecular weight excluding hydrogens is 324 g/mol. The molecule has 26 heavy (non-hydrogen) atoms. The molecule has 2 amide bonds. The van der Waals surface area contributed by atoms with Crippen LogP contribution in [0, 0.1) is 11.8 Å². The molecule has 0 aliphatic rings. The number of carbonyl (C=O) groups excluding carboxylic acids is 2. The van der Waals surface area contributed by atoms with Gasteiger partial charge >= 0.3 is 0 Å². The van der Waals surface area contributed by atoms with Crippen molar-refractivity contribution in [3.05, 3.63) is 59.7 Å².